The van der Waals surface area contributed by atoms with E-state index in [9.17, 15) is 13.9 Å². The molecule has 4 atom stereocenters. The molecule has 5 rings (SSSR count). The quantitative estimate of drug-likeness (QED) is 0.562. The van der Waals surface area contributed by atoms with Crippen LogP contribution in [0.25, 0.3) is 11.2 Å². The Morgan fingerprint density at radius 2 is 2.03 bits per heavy atom. The maximum Gasteiger partial charge on any atom is 0.296 e. The number of anilines is 1. The summed E-state index contributed by atoms with van der Waals surface area (Å²) in [6.07, 6.45) is -1.86. The summed E-state index contributed by atoms with van der Waals surface area (Å²) in [6, 6.07) is 5.19. The zero-order chi connectivity index (χ0) is 20.8. The first-order valence-electron chi connectivity index (χ1n) is 9.30. The van der Waals surface area contributed by atoms with Gasteiger partial charge in [-0.15, -0.1) is 0 Å². The number of nitrogens with one attached hydrogen (secondary N) is 2. The normalized spacial score (nSPS) is 25.6. The van der Waals surface area contributed by atoms with Crippen molar-refractivity contribution in [2.45, 2.75) is 31.0 Å². The second-order valence-corrected chi connectivity index (χ2v) is 7.55. The van der Waals surface area contributed by atoms with Crippen LogP contribution < -0.4 is 10.1 Å². The zero-order valence-electron chi connectivity index (χ0n) is 15.4. The molecule has 11 heteroatoms. The topological polar surface area (TPSA) is 102 Å². The minimum atomic E-state index is -0.667. The van der Waals surface area contributed by atoms with Gasteiger partial charge in [-0.2, -0.15) is 4.98 Å². The van der Waals surface area contributed by atoms with Gasteiger partial charge in [-0.1, -0.05) is 17.7 Å². The molecule has 30 heavy (non-hydrogen) atoms. The van der Waals surface area contributed by atoms with Crippen LogP contribution in [-0.4, -0.2) is 57.7 Å². The van der Waals surface area contributed by atoms with E-state index in [4.69, 9.17) is 25.8 Å². The molecule has 158 valence electrons. The third-order valence-electron chi connectivity index (χ3n) is 5.11. The van der Waals surface area contributed by atoms with Gasteiger partial charge in [-0.05, 0) is 12.1 Å². The lowest BCUT2D eigenvalue weighted by molar-refractivity contribution is 0.00706. The number of nitrogens with zero attached hydrogens (tertiary/aromatic N) is 2. The van der Waals surface area contributed by atoms with Crippen molar-refractivity contribution in [3.8, 4) is 6.01 Å². The monoisotopic (exact) mass is 438 g/mol. The smallest absolute Gasteiger partial charge is 0.296 e. The van der Waals surface area contributed by atoms with Crippen LogP contribution in [0.5, 0.6) is 6.01 Å². The Morgan fingerprint density at radius 1 is 1.20 bits per heavy atom. The minimum absolute atomic E-state index is 0.0697. The third kappa shape index (κ3) is 3.56. The molecule has 8 nitrogen and oxygen atoms in total. The van der Waals surface area contributed by atoms with Crippen molar-refractivity contribution < 1.29 is 28.1 Å². The number of aliphatic hydroxyl groups is 1. The second-order valence-electron chi connectivity index (χ2n) is 7.14. The number of halogens is 3. The van der Waals surface area contributed by atoms with E-state index in [1.54, 1.807) is 6.07 Å². The number of pyridine rings is 1. The van der Waals surface area contributed by atoms with Gasteiger partial charge in [0.15, 0.2) is 11.8 Å². The first-order chi connectivity index (χ1) is 14.5. The number of ether oxygens (including phenoxy) is 3. The number of H-pyrrole nitrogens is 1. The Kier molecular flexibility index (Phi) is 4.94. The van der Waals surface area contributed by atoms with Crippen LogP contribution >= 0.6 is 11.6 Å². The summed E-state index contributed by atoms with van der Waals surface area (Å²) in [7, 11) is 0. The Hall–Kier alpha value is -2.53. The minimum Gasteiger partial charge on any atom is -0.456 e. The van der Waals surface area contributed by atoms with E-state index < -0.39 is 29.9 Å². The summed E-state index contributed by atoms with van der Waals surface area (Å²) in [5, 5.41) is 13.0. The first-order valence-corrected chi connectivity index (χ1v) is 9.68. The maximum absolute atomic E-state index is 13.8. The lowest BCUT2D eigenvalue weighted by atomic mass is 10.1. The number of aliphatic hydroxyl groups excluding tert-OH is 1. The summed E-state index contributed by atoms with van der Waals surface area (Å²) < 4.78 is 43.8. The largest absolute Gasteiger partial charge is 0.456 e. The molecule has 2 aliphatic heterocycles. The Morgan fingerprint density at radius 3 is 2.87 bits per heavy atom. The van der Waals surface area contributed by atoms with Crippen molar-refractivity contribution in [1.82, 2.24) is 15.0 Å². The van der Waals surface area contributed by atoms with Crippen LogP contribution in [0.15, 0.2) is 24.3 Å². The Bertz CT molecular complexity index is 1100. The highest BCUT2D eigenvalue weighted by Gasteiger charge is 2.48. The number of hydrogen-bond acceptors (Lipinski definition) is 7. The molecule has 0 spiro atoms. The van der Waals surface area contributed by atoms with Crippen LogP contribution in [0, 0.1) is 11.6 Å². The van der Waals surface area contributed by atoms with E-state index in [2.05, 4.69) is 20.3 Å². The van der Waals surface area contributed by atoms with Crippen molar-refractivity contribution >= 4 is 28.6 Å². The van der Waals surface area contributed by atoms with Gasteiger partial charge in [0.1, 0.15) is 35.8 Å². The second kappa shape index (κ2) is 7.62. The molecule has 2 aromatic heterocycles. The van der Waals surface area contributed by atoms with Crippen LogP contribution in [0.1, 0.15) is 5.56 Å². The fourth-order valence-corrected chi connectivity index (χ4v) is 3.83. The van der Waals surface area contributed by atoms with Crippen LogP contribution in [-0.2, 0) is 16.0 Å². The average Bonchev–Trinajstić information content (AvgIpc) is 3.38. The molecular weight excluding hydrogens is 422 g/mol. The van der Waals surface area contributed by atoms with Gasteiger partial charge in [-0.3, -0.25) is 0 Å². The molecule has 0 radical (unpaired) electrons. The van der Waals surface area contributed by atoms with Gasteiger partial charge in [0.25, 0.3) is 6.01 Å². The predicted octanol–water partition coefficient (Wildman–Crippen LogP) is 2.41. The summed E-state index contributed by atoms with van der Waals surface area (Å²) >= 11 is 6.27. The number of imidazole rings is 1. The fraction of sp³-hybridized carbons (Fsp3) is 0.368. The van der Waals surface area contributed by atoms with Gasteiger partial charge >= 0.3 is 0 Å². The molecule has 0 bridgehead atoms. The molecule has 3 N–H and O–H groups in total. The SMILES string of the molecule is O[C@@H]1CO[C@H]2[C@@H]1OC[C@H]2Oc1nc2nc(NCc3ccc(F)cc3F)c(Cl)cc2[nH]1. The van der Waals surface area contributed by atoms with Crippen LogP contribution in [0.4, 0.5) is 14.6 Å². The number of aromatic amines is 1. The van der Waals surface area contributed by atoms with Crippen molar-refractivity contribution in [2.75, 3.05) is 18.5 Å². The van der Waals surface area contributed by atoms with Gasteiger partial charge in [0, 0.05) is 18.2 Å². The van der Waals surface area contributed by atoms with Crippen molar-refractivity contribution in [2.24, 2.45) is 0 Å². The number of rotatable bonds is 5. The zero-order valence-corrected chi connectivity index (χ0v) is 16.2. The highest BCUT2D eigenvalue weighted by molar-refractivity contribution is 6.33. The molecular formula is C19H17ClF2N4O4. The molecule has 2 aliphatic rings. The number of aromatic nitrogens is 3. The van der Waals surface area contributed by atoms with Gasteiger partial charge < -0.3 is 29.6 Å². The number of benzene rings is 1. The van der Waals surface area contributed by atoms with E-state index in [1.165, 1.54) is 12.1 Å². The van der Waals surface area contributed by atoms with Gasteiger partial charge in [0.05, 0.1) is 23.8 Å². The van der Waals surface area contributed by atoms with Crippen molar-refractivity contribution in [3.05, 3.63) is 46.5 Å². The third-order valence-corrected chi connectivity index (χ3v) is 5.40. The van der Waals surface area contributed by atoms with Crippen LogP contribution in [0.2, 0.25) is 5.02 Å². The van der Waals surface area contributed by atoms with E-state index in [0.29, 0.717) is 22.0 Å². The number of fused-ring (bicyclic) bond motifs is 2. The lowest BCUT2D eigenvalue weighted by Gasteiger charge is -2.15. The molecule has 0 aliphatic carbocycles. The molecule has 0 unspecified atom stereocenters. The van der Waals surface area contributed by atoms with Crippen LogP contribution in [0.3, 0.4) is 0 Å². The van der Waals surface area contributed by atoms with Gasteiger partial charge in [0.2, 0.25) is 0 Å². The van der Waals surface area contributed by atoms with E-state index in [-0.39, 0.29) is 37.4 Å². The summed E-state index contributed by atoms with van der Waals surface area (Å²) in [5.74, 6) is -1.00. The molecule has 2 fully saturated rings. The molecule has 0 amide bonds. The standard InChI is InChI=1S/C19H17ClF2N4O4/c20-10-4-12-18(25-17(10)23-5-8-1-2-9(21)3-11(8)22)26-19(24-12)30-14-7-29-15-13(27)6-28-16(14)15/h1-4,13-16,27H,5-7H2,(H2,23,24,25,26)/t13-,14-,15-,16-/m1/s1. The lowest BCUT2D eigenvalue weighted by Crippen LogP contribution is -2.34. The Labute approximate surface area is 174 Å². The maximum atomic E-state index is 13.8. The van der Waals surface area contributed by atoms with E-state index >= 15 is 0 Å². The molecule has 1 aromatic carbocycles. The predicted molar refractivity (Wildman–Crippen MR) is 102 cm³/mol. The highest BCUT2D eigenvalue weighted by atomic mass is 35.5. The number of hydrogen-bond donors (Lipinski definition) is 3. The molecule has 3 aromatic rings. The average molecular weight is 439 g/mol. The highest BCUT2D eigenvalue weighted by Crippen LogP contribution is 2.31. The van der Waals surface area contributed by atoms with Gasteiger partial charge in [-0.25, -0.2) is 13.8 Å². The Balaban J connectivity index is 1.32. The fourth-order valence-electron chi connectivity index (χ4n) is 3.61. The molecule has 4 heterocycles. The summed E-state index contributed by atoms with van der Waals surface area (Å²) in [5.41, 5.74) is 1.17. The van der Waals surface area contributed by atoms with Crippen molar-refractivity contribution in [1.29, 1.82) is 0 Å². The summed E-state index contributed by atoms with van der Waals surface area (Å²) in [6.45, 7) is 0.546. The van der Waals surface area contributed by atoms with E-state index in [0.717, 1.165) is 6.07 Å². The van der Waals surface area contributed by atoms with E-state index in [1.807, 2.05) is 0 Å². The van der Waals surface area contributed by atoms with Crippen molar-refractivity contribution in [3.63, 3.8) is 0 Å². The first kappa shape index (κ1) is 19.4. The molecule has 2 saturated heterocycles. The molecule has 0 saturated carbocycles. The summed E-state index contributed by atoms with van der Waals surface area (Å²) in [4.78, 5) is 11.6.